The van der Waals surface area contributed by atoms with Crippen molar-refractivity contribution in [2.45, 2.75) is 18.6 Å². The minimum Gasteiger partial charge on any atom is -0.484 e. The molecule has 0 bridgehead atoms. The molecule has 2 amide bonds. The van der Waals surface area contributed by atoms with Crippen molar-refractivity contribution in [2.24, 2.45) is 0 Å². The van der Waals surface area contributed by atoms with E-state index in [1.54, 1.807) is 24.3 Å². The Balaban J connectivity index is 1.66. The molecule has 2 aromatic carbocycles. The summed E-state index contributed by atoms with van der Waals surface area (Å²) in [6.07, 6.45) is 0.716. The van der Waals surface area contributed by atoms with Crippen LogP contribution in [0, 0.1) is 5.82 Å². The first kappa shape index (κ1) is 24.2. The number of amides is 2. The van der Waals surface area contributed by atoms with Crippen molar-refractivity contribution in [1.82, 2.24) is 10.6 Å². The third-order valence-corrected chi connectivity index (χ3v) is 4.31. The highest BCUT2D eigenvalue weighted by Gasteiger charge is 2.16. The molecule has 2 rings (SSSR count). The molecule has 0 aliphatic carbocycles. The SMILES string of the molecule is C=CC(C[C@H](O)CNC(=O)COc1ccc(F)cc1)NC(=O)COc1ccc(Cl)cc1. The maximum Gasteiger partial charge on any atom is 0.258 e. The Morgan fingerprint density at radius 3 is 2.16 bits per heavy atom. The second-order valence-corrected chi connectivity index (χ2v) is 7.02. The van der Waals surface area contributed by atoms with Gasteiger partial charge in [0, 0.05) is 17.6 Å². The van der Waals surface area contributed by atoms with E-state index in [1.807, 2.05) is 0 Å². The molecule has 31 heavy (non-hydrogen) atoms. The predicted octanol–water partition coefficient (Wildman–Crippen LogP) is 2.47. The van der Waals surface area contributed by atoms with Crippen LogP contribution < -0.4 is 20.1 Å². The summed E-state index contributed by atoms with van der Waals surface area (Å²) in [6, 6.07) is 11.3. The van der Waals surface area contributed by atoms with Crippen molar-refractivity contribution in [3.8, 4) is 11.5 Å². The summed E-state index contributed by atoms with van der Waals surface area (Å²) in [6.45, 7) is 3.12. The van der Waals surface area contributed by atoms with E-state index in [1.165, 1.54) is 30.3 Å². The molecule has 0 aromatic heterocycles. The monoisotopic (exact) mass is 450 g/mol. The molecule has 0 radical (unpaired) electrons. The highest BCUT2D eigenvalue weighted by atomic mass is 35.5. The molecule has 0 saturated heterocycles. The Bertz CT molecular complexity index is 861. The summed E-state index contributed by atoms with van der Waals surface area (Å²) >= 11 is 5.79. The number of carbonyl (C=O) groups is 2. The van der Waals surface area contributed by atoms with Crippen LogP contribution in [0.5, 0.6) is 11.5 Å². The molecule has 0 fully saturated rings. The summed E-state index contributed by atoms with van der Waals surface area (Å²) in [5, 5.41) is 15.9. The summed E-state index contributed by atoms with van der Waals surface area (Å²) in [4.78, 5) is 23.9. The number of halogens is 2. The summed E-state index contributed by atoms with van der Waals surface area (Å²) in [5.74, 6) is -0.379. The van der Waals surface area contributed by atoms with Crippen molar-refractivity contribution in [3.05, 3.63) is 72.0 Å². The molecule has 0 aliphatic heterocycles. The van der Waals surface area contributed by atoms with Crippen LogP contribution in [-0.2, 0) is 9.59 Å². The average Bonchev–Trinajstić information content (AvgIpc) is 2.76. The maximum atomic E-state index is 12.8. The minimum absolute atomic E-state index is 0.0346. The first-order chi connectivity index (χ1) is 14.9. The average molecular weight is 451 g/mol. The maximum absolute atomic E-state index is 12.8. The lowest BCUT2D eigenvalue weighted by molar-refractivity contribution is -0.124. The molecule has 7 nitrogen and oxygen atoms in total. The summed E-state index contributed by atoms with van der Waals surface area (Å²) in [5.41, 5.74) is 0. The van der Waals surface area contributed by atoms with Gasteiger partial charge in [0.25, 0.3) is 11.8 Å². The molecule has 0 aliphatic rings. The highest BCUT2D eigenvalue weighted by molar-refractivity contribution is 6.30. The Morgan fingerprint density at radius 1 is 1.03 bits per heavy atom. The van der Waals surface area contributed by atoms with Gasteiger partial charge < -0.3 is 25.2 Å². The van der Waals surface area contributed by atoms with E-state index in [-0.39, 0.29) is 32.1 Å². The number of aliphatic hydroxyl groups excluding tert-OH is 1. The molecule has 0 spiro atoms. The Kier molecular flexibility index (Phi) is 9.80. The number of carbonyl (C=O) groups excluding carboxylic acids is 2. The summed E-state index contributed by atoms with van der Waals surface area (Å²) < 4.78 is 23.4. The van der Waals surface area contributed by atoms with E-state index in [4.69, 9.17) is 21.1 Å². The van der Waals surface area contributed by atoms with Crippen LogP contribution in [0.15, 0.2) is 61.2 Å². The van der Waals surface area contributed by atoms with Crippen LogP contribution in [0.2, 0.25) is 5.02 Å². The zero-order chi connectivity index (χ0) is 22.6. The zero-order valence-corrected chi connectivity index (χ0v) is 17.5. The van der Waals surface area contributed by atoms with Crippen molar-refractivity contribution in [3.63, 3.8) is 0 Å². The Hall–Kier alpha value is -3.10. The van der Waals surface area contributed by atoms with Crippen LogP contribution in [0.25, 0.3) is 0 Å². The number of aliphatic hydroxyl groups is 1. The molecular formula is C22H24ClFN2O5. The number of ether oxygens (including phenoxy) is 2. The van der Waals surface area contributed by atoms with Gasteiger partial charge in [-0.1, -0.05) is 17.7 Å². The van der Waals surface area contributed by atoms with Crippen molar-refractivity contribution in [2.75, 3.05) is 19.8 Å². The van der Waals surface area contributed by atoms with E-state index in [2.05, 4.69) is 17.2 Å². The Morgan fingerprint density at radius 2 is 1.58 bits per heavy atom. The highest BCUT2D eigenvalue weighted by Crippen LogP contribution is 2.15. The Labute approximate surface area is 184 Å². The number of hydrogen-bond acceptors (Lipinski definition) is 5. The fourth-order valence-electron chi connectivity index (χ4n) is 2.48. The molecular weight excluding hydrogens is 427 g/mol. The summed E-state index contributed by atoms with van der Waals surface area (Å²) in [7, 11) is 0. The van der Waals surface area contributed by atoms with Gasteiger partial charge in [-0.05, 0) is 55.0 Å². The second kappa shape index (κ2) is 12.6. The first-order valence-corrected chi connectivity index (χ1v) is 9.87. The van der Waals surface area contributed by atoms with Gasteiger partial charge in [0.05, 0.1) is 6.10 Å². The molecule has 1 unspecified atom stereocenters. The zero-order valence-electron chi connectivity index (χ0n) is 16.7. The van der Waals surface area contributed by atoms with Crippen LogP contribution in [0.3, 0.4) is 0 Å². The van der Waals surface area contributed by atoms with Crippen LogP contribution >= 0.6 is 11.6 Å². The fraction of sp³-hybridized carbons (Fsp3) is 0.273. The van der Waals surface area contributed by atoms with Gasteiger partial charge in [-0.2, -0.15) is 0 Å². The predicted molar refractivity (Wildman–Crippen MR) is 115 cm³/mol. The van der Waals surface area contributed by atoms with Gasteiger partial charge in [-0.25, -0.2) is 4.39 Å². The number of hydrogen-bond donors (Lipinski definition) is 3. The van der Waals surface area contributed by atoms with Gasteiger partial charge in [-0.3, -0.25) is 9.59 Å². The van der Waals surface area contributed by atoms with E-state index >= 15 is 0 Å². The number of rotatable bonds is 12. The number of nitrogens with one attached hydrogen (secondary N) is 2. The van der Waals surface area contributed by atoms with Crippen LogP contribution in [0.1, 0.15) is 6.42 Å². The van der Waals surface area contributed by atoms with Gasteiger partial charge in [0.1, 0.15) is 17.3 Å². The van der Waals surface area contributed by atoms with Gasteiger partial charge in [0.2, 0.25) is 0 Å². The lowest BCUT2D eigenvalue weighted by Crippen LogP contribution is -2.42. The van der Waals surface area contributed by atoms with Gasteiger partial charge in [0.15, 0.2) is 13.2 Å². The largest absolute Gasteiger partial charge is 0.484 e. The van der Waals surface area contributed by atoms with E-state index in [9.17, 15) is 19.1 Å². The third kappa shape index (κ3) is 9.50. The molecule has 166 valence electrons. The molecule has 2 aromatic rings. The van der Waals surface area contributed by atoms with E-state index in [0.29, 0.717) is 16.5 Å². The molecule has 2 atom stereocenters. The quantitative estimate of drug-likeness (QED) is 0.432. The minimum atomic E-state index is -0.921. The molecule has 0 saturated carbocycles. The van der Waals surface area contributed by atoms with E-state index < -0.39 is 23.9 Å². The van der Waals surface area contributed by atoms with Crippen LogP contribution in [-0.4, -0.2) is 48.8 Å². The van der Waals surface area contributed by atoms with Gasteiger partial charge in [-0.15, -0.1) is 6.58 Å². The van der Waals surface area contributed by atoms with Crippen molar-refractivity contribution in [1.29, 1.82) is 0 Å². The molecule has 0 heterocycles. The van der Waals surface area contributed by atoms with Crippen molar-refractivity contribution < 1.29 is 28.6 Å². The lowest BCUT2D eigenvalue weighted by Gasteiger charge is -2.19. The van der Waals surface area contributed by atoms with Gasteiger partial charge >= 0.3 is 0 Å². The normalized spacial score (nSPS) is 12.4. The number of benzene rings is 2. The smallest absolute Gasteiger partial charge is 0.258 e. The first-order valence-electron chi connectivity index (χ1n) is 9.49. The molecule has 3 N–H and O–H groups in total. The standard InChI is InChI=1S/C22H24ClFN2O5/c1-2-17(26-22(29)14-31-19-7-3-15(23)4-8-19)11-18(27)12-25-21(28)13-30-20-9-5-16(24)6-10-20/h2-10,17-18,27H,1,11-14H2,(H,25,28)(H,26,29)/t17?,18-/m0/s1. The van der Waals surface area contributed by atoms with Crippen molar-refractivity contribution >= 4 is 23.4 Å². The van der Waals surface area contributed by atoms with E-state index in [0.717, 1.165) is 0 Å². The van der Waals surface area contributed by atoms with Crippen LogP contribution in [0.4, 0.5) is 4.39 Å². The second-order valence-electron chi connectivity index (χ2n) is 6.59. The topological polar surface area (TPSA) is 96.9 Å². The molecule has 9 heteroatoms. The third-order valence-electron chi connectivity index (χ3n) is 4.06. The fourth-order valence-corrected chi connectivity index (χ4v) is 2.61. The lowest BCUT2D eigenvalue weighted by atomic mass is 10.1.